The van der Waals surface area contributed by atoms with Gasteiger partial charge in [0.2, 0.25) is 0 Å². The molecule has 0 aliphatic heterocycles. The van der Waals surface area contributed by atoms with Crippen LogP contribution in [0.5, 0.6) is 0 Å². The molecule has 3 heteroatoms. The molecule has 2 aromatic rings. The number of nitrogen functional groups attached to an aromatic ring is 1. The molecule has 3 nitrogen and oxygen atoms in total. The zero-order chi connectivity index (χ0) is 13.1. The summed E-state index contributed by atoms with van der Waals surface area (Å²) in [7, 11) is 0. The lowest BCUT2D eigenvalue weighted by Gasteiger charge is -2.21. The van der Waals surface area contributed by atoms with E-state index >= 15 is 0 Å². The molecule has 0 radical (unpaired) electrons. The Morgan fingerprint density at radius 1 is 0.947 bits per heavy atom. The SMILES string of the molecule is Nc1ccc(-c2nccc(C3CCCCC3)n2)cc1. The Balaban J connectivity index is 1.88. The third-order valence-corrected chi connectivity index (χ3v) is 3.87. The molecule has 0 unspecified atom stereocenters. The van der Waals surface area contributed by atoms with Gasteiger partial charge in [-0.15, -0.1) is 0 Å². The molecule has 0 atom stereocenters. The number of hydrogen-bond donors (Lipinski definition) is 1. The van der Waals surface area contributed by atoms with Crippen molar-refractivity contribution in [3.05, 3.63) is 42.2 Å². The van der Waals surface area contributed by atoms with Gasteiger partial charge in [0.05, 0.1) is 0 Å². The van der Waals surface area contributed by atoms with Crippen molar-refractivity contribution in [2.24, 2.45) is 0 Å². The second-order valence-corrected chi connectivity index (χ2v) is 5.26. The number of benzene rings is 1. The molecule has 1 heterocycles. The standard InChI is InChI=1S/C16H19N3/c17-14-8-6-13(7-9-14)16-18-11-10-15(19-16)12-4-2-1-3-5-12/h6-12H,1-5,17H2. The van der Waals surface area contributed by atoms with Crippen LogP contribution in [0.15, 0.2) is 36.5 Å². The second kappa shape index (κ2) is 5.39. The van der Waals surface area contributed by atoms with Crippen LogP contribution in [0.1, 0.15) is 43.7 Å². The molecule has 3 rings (SSSR count). The fourth-order valence-corrected chi connectivity index (χ4v) is 2.77. The third-order valence-electron chi connectivity index (χ3n) is 3.87. The van der Waals surface area contributed by atoms with Gasteiger partial charge in [-0.1, -0.05) is 19.3 Å². The molecule has 1 aliphatic carbocycles. The molecule has 19 heavy (non-hydrogen) atoms. The van der Waals surface area contributed by atoms with Crippen molar-refractivity contribution in [1.29, 1.82) is 0 Å². The Bertz CT molecular complexity index is 542. The van der Waals surface area contributed by atoms with E-state index in [1.54, 1.807) is 0 Å². The van der Waals surface area contributed by atoms with Gasteiger partial charge in [0.1, 0.15) is 0 Å². The molecule has 1 saturated carbocycles. The summed E-state index contributed by atoms with van der Waals surface area (Å²) in [5.41, 5.74) is 8.71. The van der Waals surface area contributed by atoms with Crippen LogP contribution in [0.3, 0.4) is 0 Å². The van der Waals surface area contributed by atoms with Crippen molar-refractivity contribution in [2.45, 2.75) is 38.0 Å². The second-order valence-electron chi connectivity index (χ2n) is 5.26. The summed E-state index contributed by atoms with van der Waals surface area (Å²) in [5, 5.41) is 0. The number of anilines is 1. The zero-order valence-electron chi connectivity index (χ0n) is 11.0. The van der Waals surface area contributed by atoms with Crippen LogP contribution in [-0.4, -0.2) is 9.97 Å². The predicted molar refractivity (Wildman–Crippen MR) is 77.7 cm³/mol. The highest BCUT2D eigenvalue weighted by Crippen LogP contribution is 2.32. The monoisotopic (exact) mass is 253 g/mol. The molecule has 0 spiro atoms. The van der Waals surface area contributed by atoms with Gasteiger partial charge in [0.15, 0.2) is 5.82 Å². The van der Waals surface area contributed by atoms with Crippen LogP contribution < -0.4 is 5.73 Å². The van der Waals surface area contributed by atoms with Crippen molar-refractivity contribution in [1.82, 2.24) is 9.97 Å². The molecule has 1 aliphatic rings. The number of nitrogens with zero attached hydrogens (tertiary/aromatic N) is 2. The van der Waals surface area contributed by atoms with E-state index in [0.29, 0.717) is 5.92 Å². The van der Waals surface area contributed by atoms with Gasteiger partial charge < -0.3 is 5.73 Å². The van der Waals surface area contributed by atoms with Gasteiger partial charge in [-0.3, -0.25) is 0 Å². The van der Waals surface area contributed by atoms with E-state index in [0.717, 1.165) is 17.1 Å². The summed E-state index contributed by atoms with van der Waals surface area (Å²) in [5.74, 6) is 1.42. The predicted octanol–water partition coefficient (Wildman–Crippen LogP) is 3.77. The quantitative estimate of drug-likeness (QED) is 0.829. The van der Waals surface area contributed by atoms with E-state index in [1.807, 2.05) is 30.5 Å². The van der Waals surface area contributed by atoms with E-state index in [1.165, 1.54) is 37.8 Å². The van der Waals surface area contributed by atoms with Crippen LogP contribution in [0, 0.1) is 0 Å². The van der Waals surface area contributed by atoms with Gasteiger partial charge >= 0.3 is 0 Å². The first-order valence-electron chi connectivity index (χ1n) is 7.02. The Morgan fingerprint density at radius 2 is 1.68 bits per heavy atom. The molecule has 98 valence electrons. The highest BCUT2D eigenvalue weighted by molar-refractivity contribution is 5.58. The molecule has 1 aromatic heterocycles. The van der Waals surface area contributed by atoms with Crippen molar-refractivity contribution in [3.63, 3.8) is 0 Å². The maximum absolute atomic E-state index is 5.71. The lowest BCUT2D eigenvalue weighted by Crippen LogP contribution is -2.07. The van der Waals surface area contributed by atoms with Crippen LogP contribution in [0.4, 0.5) is 5.69 Å². The summed E-state index contributed by atoms with van der Waals surface area (Å²) in [6, 6.07) is 9.82. The lowest BCUT2D eigenvalue weighted by atomic mass is 9.87. The van der Waals surface area contributed by atoms with Crippen molar-refractivity contribution < 1.29 is 0 Å². The Labute approximate surface area is 113 Å². The maximum atomic E-state index is 5.71. The van der Waals surface area contributed by atoms with Gasteiger partial charge in [-0.2, -0.15) is 0 Å². The normalized spacial score (nSPS) is 16.4. The molecule has 0 saturated heterocycles. The highest BCUT2D eigenvalue weighted by atomic mass is 14.9. The highest BCUT2D eigenvalue weighted by Gasteiger charge is 2.17. The molecule has 0 bridgehead atoms. The summed E-state index contributed by atoms with van der Waals surface area (Å²) < 4.78 is 0. The largest absolute Gasteiger partial charge is 0.399 e. The summed E-state index contributed by atoms with van der Waals surface area (Å²) in [4.78, 5) is 9.13. The minimum absolute atomic E-state index is 0.615. The van der Waals surface area contributed by atoms with Gasteiger partial charge in [-0.05, 0) is 43.2 Å². The smallest absolute Gasteiger partial charge is 0.159 e. The van der Waals surface area contributed by atoms with E-state index in [4.69, 9.17) is 10.7 Å². The fraction of sp³-hybridized carbons (Fsp3) is 0.375. The van der Waals surface area contributed by atoms with Crippen molar-refractivity contribution >= 4 is 5.69 Å². The van der Waals surface area contributed by atoms with Crippen LogP contribution in [-0.2, 0) is 0 Å². The Kier molecular flexibility index (Phi) is 3.45. The zero-order valence-corrected chi connectivity index (χ0v) is 11.0. The number of rotatable bonds is 2. The van der Waals surface area contributed by atoms with Crippen LogP contribution >= 0.6 is 0 Å². The van der Waals surface area contributed by atoms with E-state index < -0.39 is 0 Å². The van der Waals surface area contributed by atoms with E-state index in [2.05, 4.69) is 11.1 Å². The third kappa shape index (κ3) is 2.75. The van der Waals surface area contributed by atoms with Gasteiger partial charge in [0, 0.05) is 29.1 Å². The number of nitrogens with two attached hydrogens (primary N) is 1. The average molecular weight is 253 g/mol. The van der Waals surface area contributed by atoms with Crippen molar-refractivity contribution in [2.75, 3.05) is 5.73 Å². The first-order chi connectivity index (χ1) is 9.33. The summed E-state index contributed by atoms with van der Waals surface area (Å²) in [6.07, 6.45) is 8.42. The van der Waals surface area contributed by atoms with Gasteiger partial charge in [0.25, 0.3) is 0 Å². The average Bonchev–Trinajstić information content (AvgIpc) is 2.49. The lowest BCUT2D eigenvalue weighted by molar-refractivity contribution is 0.436. The fourth-order valence-electron chi connectivity index (χ4n) is 2.77. The number of aromatic nitrogens is 2. The maximum Gasteiger partial charge on any atom is 0.159 e. The molecule has 2 N–H and O–H groups in total. The molecule has 0 amide bonds. The minimum Gasteiger partial charge on any atom is -0.399 e. The molecular formula is C16H19N3. The Morgan fingerprint density at radius 3 is 2.42 bits per heavy atom. The minimum atomic E-state index is 0.615. The molecule has 1 fully saturated rings. The Hall–Kier alpha value is -1.90. The molecule has 1 aromatic carbocycles. The van der Waals surface area contributed by atoms with E-state index in [9.17, 15) is 0 Å². The van der Waals surface area contributed by atoms with E-state index in [-0.39, 0.29) is 0 Å². The van der Waals surface area contributed by atoms with Crippen LogP contribution in [0.2, 0.25) is 0 Å². The first-order valence-corrected chi connectivity index (χ1v) is 7.02. The van der Waals surface area contributed by atoms with Crippen LogP contribution in [0.25, 0.3) is 11.4 Å². The topological polar surface area (TPSA) is 51.8 Å². The number of hydrogen-bond acceptors (Lipinski definition) is 3. The van der Waals surface area contributed by atoms with Crippen molar-refractivity contribution in [3.8, 4) is 11.4 Å². The van der Waals surface area contributed by atoms with Gasteiger partial charge in [-0.25, -0.2) is 9.97 Å². The summed E-state index contributed by atoms with van der Waals surface area (Å²) >= 11 is 0. The molecular weight excluding hydrogens is 234 g/mol. The first kappa shape index (κ1) is 12.2. The summed E-state index contributed by atoms with van der Waals surface area (Å²) in [6.45, 7) is 0.